The number of anilines is 1. The van der Waals surface area contributed by atoms with Crippen LogP contribution in [0.3, 0.4) is 0 Å². The minimum absolute atomic E-state index is 0.408. The van der Waals surface area contributed by atoms with Gasteiger partial charge in [-0.15, -0.1) is 0 Å². The highest BCUT2D eigenvalue weighted by Crippen LogP contribution is 2.36. The largest absolute Gasteiger partial charge is 0.366 e. The fraction of sp³-hybridized carbons (Fsp3) is 0.800. The van der Waals surface area contributed by atoms with E-state index in [0.29, 0.717) is 10.6 Å². The standard InChI is InChI=1S/C10H16ClN3S/c1-10(5-3-2-4-6-10)7-12-9-8(11)13-15-14-9/h2-7H2,1H3,(H,12,14). The fourth-order valence-corrected chi connectivity index (χ4v) is 2.85. The van der Waals surface area contributed by atoms with Gasteiger partial charge in [0, 0.05) is 6.54 Å². The van der Waals surface area contributed by atoms with E-state index in [2.05, 4.69) is 21.0 Å². The summed E-state index contributed by atoms with van der Waals surface area (Å²) < 4.78 is 8.06. The lowest BCUT2D eigenvalue weighted by Gasteiger charge is -2.33. The first kappa shape index (κ1) is 11.1. The van der Waals surface area contributed by atoms with Crippen LogP contribution in [-0.4, -0.2) is 15.3 Å². The molecule has 1 aromatic rings. The molecule has 84 valence electrons. The van der Waals surface area contributed by atoms with Gasteiger partial charge in [0.2, 0.25) is 0 Å². The third-order valence-corrected chi connectivity index (χ3v) is 4.08. The molecule has 0 spiro atoms. The molecule has 5 heteroatoms. The Labute approximate surface area is 99.6 Å². The zero-order chi connectivity index (χ0) is 10.7. The second kappa shape index (κ2) is 4.66. The number of hydrogen-bond donors (Lipinski definition) is 1. The molecule has 15 heavy (non-hydrogen) atoms. The van der Waals surface area contributed by atoms with Crippen LogP contribution in [0.5, 0.6) is 0 Å². The van der Waals surface area contributed by atoms with Crippen molar-refractivity contribution < 1.29 is 0 Å². The first-order chi connectivity index (χ1) is 7.20. The van der Waals surface area contributed by atoms with E-state index in [1.165, 1.54) is 32.1 Å². The maximum Gasteiger partial charge on any atom is 0.186 e. The Balaban J connectivity index is 1.89. The fourth-order valence-electron chi connectivity index (χ4n) is 2.16. The summed E-state index contributed by atoms with van der Waals surface area (Å²) in [6.45, 7) is 3.30. The molecular formula is C10H16ClN3S. The highest BCUT2D eigenvalue weighted by Gasteiger charge is 2.26. The summed E-state index contributed by atoms with van der Waals surface area (Å²) in [4.78, 5) is 0. The summed E-state index contributed by atoms with van der Waals surface area (Å²) in [5, 5.41) is 3.81. The van der Waals surface area contributed by atoms with Crippen LogP contribution >= 0.6 is 23.3 Å². The molecule has 0 atom stereocenters. The minimum Gasteiger partial charge on any atom is -0.366 e. The highest BCUT2D eigenvalue weighted by molar-refractivity contribution is 6.99. The maximum absolute atomic E-state index is 5.88. The molecule has 0 saturated heterocycles. The zero-order valence-corrected chi connectivity index (χ0v) is 10.5. The highest BCUT2D eigenvalue weighted by atomic mass is 35.5. The molecule has 1 saturated carbocycles. The van der Waals surface area contributed by atoms with Crippen LogP contribution in [0, 0.1) is 5.41 Å². The molecule has 3 nitrogen and oxygen atoms in total. The van der Waals surface area contributed by atoms with Crippen molar-refractivity contribution in [2.45, 2.75) is 39.0 Å². The Hall–Kier alpha value is -0.350. The molecule has 0 bridgehead atoms. The molecule has 0 amide bonds. The molecule has 1 heterocycles. The van der Waals surface area contributed by atoms with Crippen LogP contribution in [0.2, 0.25) is 5.15 Å². The SMILES string of the molecule is CC1(CNc2nsnc2Cl)CCCCC1. The van der Waals surface area contributed by atoms with E-state index in [-0.39, 0.29) is 0 Å². The predicted octanol–water partition coefficient (Wildman–Crippen LogP) is 3.57. The lowest BCUT2D eigenvalue weighted by molar-refractivity contribution is 0.233. The average molecular weight is 246 g/mol. The number of nitrogens with zero attached hydrogens (tertiary/aromatic N) is 2. The third-order valence-electron chi connectivity index (χ3n) is 3.19. The summed E-state index contributed by atoms with van der Waals surface area (Å²) in [6.07, 6.45) is 6.68. The smallest absolute Gasteiger partial charge is 0.186 e. The van der Waals surface area contributed by atoms with E-state index in [4.69, 9.17) is 11.6 Å². The van der Waals surface area contributed by atoms with Crippen molar-refractivity contribution in [2.24, 2.45) is 5.41 Å². The monoisotopic (exact) mass is 245 g/mol. The lowest BCUT2D eigenvalue weighted by Crippen LogP contribution is -2.29. The van der Waals surface area contributed by atoms with Gasteiger partial charge in [0.05, 0.1) is 11.7 Å². The molecule has 1 aliphatic rings. The Bertz CT molecular complexity index is 320. The first-order valence-corrected chi connectivity index (χ1v) is 6.52. The van der Waals surface area contributed by atoms with Gasteiger partial charge >= 0.3 is 0 Å². The third kappa shape index (κ3) is 2.82. The molecule has 0 aliphatic heterocycles. The van der Waals surface area contributed by atoms with Gasteiger partial charge in [-0.1, -0.05) is 37.8 Å². The average Bonchev–Trinajstić information content (AvgIpc) is 2.62. The summed E-state index contributed by atoms with van der Waals surface area (Å²) in [5.41, 5.74) is 0.408. The number of hydrogen-bond acceptors (Lipinski definition) is 4. The number of halogens is 1. The molecular weight excluding hydrogens is 230 g/mol. The molecule has 1 N–H and O–H groups in total. The number of rotatable bonds is 3. The second-order valence-corrected chi connectivity index (χ2v) is 5.51. The summed E-state index contributed by atoms with van der Waals surface area (Å²) in [5.74, 6) is 0.744. The Morgan fingerprint density at radius 3 is 2.67 bits per heavy atom. The van der Waals surface area contributed by atoms with E-state index in [0.717, 1.165) is 24.1 Å². The number of aromatic nitrogens is 2. The zero-order valence-electron chi connectivity index (χ0n) is 8.92. The molecule has 1 aliphatic carbocycles. The van der Waals surface area contributed by atoms with Gasteiger partial charge in [-0.05, 0) is 18.3 Å². The van der Waals surface area contributed by atoms with Gasteiger partial charge in [-0.25, -0.2) is 0 Å². The molecule has 0 aromatic carbocycles. The summed E-state index contributed by atoms with van der Waals surface area (Å²) in [7, 11) is 0. The van der Waals surface area contributed by atoms with Crippen LogP contribution in [0.1, 0.15) is 39.0 Å². The molecule has 1 aromatic heterocycles. The van der Waals surface area contributed by atoms with Crippen molar-refractivity contribution in [1.29, 1.82) is 0 Å². The topological polar surface area (TPSA) is 37.8 Å². The molecule has 0 unspecified atom stereocenters. The first-order valence-electron chi connectivity index (χ1n) is 5.42. The summed E-state index contributed by atoms with van der Waals surface area (Å²) >= 11 is 7.03. The van der Waals surface area contributed by atoms with E-state index in [9.17, 15) is 0 Å². The van der Waals surface area contributed by atoms with Crippen LogP contribution in [0.4, 0.5) is 5.82 Å². The Kier molecular flexibility index (Phi) is 3.46. The molecule has 2 rings (SSSR count). The van der Waals surface area contributed by atoms with Crippen molar-refractivity contribution in [3.8, 4) is 0 Å². The Morgan fingerprint density at radius 2 is 2.07 bits per heavy atom. The van der Waals surface area contributed by atoms with E-state index in [1.54, 1.807) is 0 Å². The van der Waals surface area contributed by atoms with Crippen molar-refractivity contribution in [3.63, 3.8) is 0 Å². The van der Waals surface area contributed by atoms with Crippen LogP contribution < -0.4 is 5.32 Å². The van der Waals surface area contributed by atoms with E-state index >= 15 is 0 Å². The lowest BCUT2D eigenvalue weighted by atomic mass is 9.76. The molecule has 1 fully saturated rings. The Morgan fingerprint density at radius 1 is 1.33 bits per heavy atom. The van der Waals surface area contributed by atoms with Crippen LogP contribution in [0.15, 0.2) is 0 Å². The van der Waals surface area contributed by atoms with Crippen LogP contribution in [0.25, 0.3) is 0 Å². The summed E-state index contributed by atoms with van der Waals surface area (Å²) in [6, 6.07) is 0. The molecule has 0 radical (unpaired) electrons. The van der Waals surface area contributed by atoms with E-state index in [1.807, 2.05) is 0 Å². The van der Waals surface area contributed by atoms with E-state index < -0.39 is 0 Å². The van der Waals surface area contributed by atoms with Gasteiger partial charge in [0.25, 0.3) is 0 Å². The van der Waals surface area contributed by atoms with Crippen molar-refractivity contribution >= 4 is 29.1 Å². The normalized spacial score (nSPS) is 20.1. The van der Waals surface area contributed by atoms with Gasteiger partial charge < -0.3 is 5.32 Å². The number of nitrogens with one attached hydrogen (secondary N) is 1. The van der Waals surface area contributed by atoms with Crippen LogP contribution in [-0.2, 0) is 0 Å². The van der Waals surface area contributed by atoms with Crippen molar-refractivity contribution in [1.82, 2.24) is 8.75 Å². The van der Waals surface area contributed by atoms with Gasteiger partial charge in [0.15, 0.2) is 11.0 Å². The quantitative estimate of drug-likeness (QED) is 0.885. The van der Waals surface area contributed by atoms with Crippen molar-refractivity contribution in [3.05, 3.63) is 5.15 Å². The second-order valence-electron chi connectivity index (χ2n) is 4.63. The van der Waals surface area contributed by atoms with Gasteiger partial charge in [-0.3, -0.25) is 0 Å². The van der Waals surface area contributed by atoms with Crippen molar-refractivity contribution in [2.75, 3.05) is 11.9 Å². The predicted molar refractivity (Wildman–Crippen MR) is 64.6 cm³/mol. The van der Waals surface area contributed by atoms with Gasteiger partial charge in [0.1, 0.15) is 0 Å². The van der Waals surface area contributed by atoms with Gasteiger partial charge in [-0.2, -0.15) is 8.75 Å². The maximum atomic E-state index is 5.88. The minimum atomic E-state index is 0.408.